The minimum atomic E-state index is -0.796. The van der Waals surface area contributed by atoms with E-state index in [1.165, 1.54) is 0 Å². The van der Waals surface area contributed by atoms with Crippen molar-refractivity contribution in [3.63, 3.8) is 0 Å². The van der Waals surface area contributed by atoms with Crippen molar-refractivity contribution >= 4 is 11.9 Å². The Hall–Kier alpha value is -1.91. The number of amides is 1. The zero-order valence-electron chi connectivity index (χ0n) is 10.9. The molecule has 19 heavy (non-hydrogen) atoms. The van der Waals surface area contributed by atoms with Gasteiger partial charge >= 0.3 is 5.97 Å². The maximum atomic E-state index is 12.1. The number of hydrogen-bond donors (Lipinski definition) is 2. The summed E-state index contributed by atoms with van der Waals surface area (Å²) in [4.78, 5) is 27.0. The van der Waals surface area contributed by atoms with Crippen LogP contribution in [0.25, 0.3) is 0 Å². The second kappa shape index (κ2) is 5.82. The Balaban J connectivity index is 1.90. The van der Waals surface area contributed by atoms with Crippen LogP contribution in [0, 0.1) is 11.8 Å². The van der Waals surface area contributed by atoms with Crippen molar-refractivity contribution in [1.82, 2.24) is 10.3 Å². The van der Waals surface area contributed by atoms with E-state index in [1.54, 1.807) is 12.4 Å². The van der Waals surface area contributed by atoms with Gasteiger partial charge in [0.15, 0.2) is 0 Å². The van der Waals surface area contributed by atoms with Crippen LogP contribution in [-0.2, 0) is 9.59 Å². The molecule has 1 heterocycles. The second-order valence-corrected chi connectivity index (χ2v) is 5.06. The molecule has 0 radical (unpaired) electrons. The smallest absolute Gasteiger partial charge is 0.306 e. The molecule has 1 aliphatic rings. The number of carbonyl (C=O) groups excluding carboxylic acids is 1. The highest BCUT2D eigenvalue weighted by Crippen LogP contribution is 2.31. The predicted molar refractivity (Wildman–Crippen MR) is 69.3 cm³/mol. The van der Waals surface area contributed by atoms with Crippen LogP contribution in [0.3, 0.4) is 0 Å². The lowest BCUT2D eigenvalue weighted by Crippen LogP contribution is -2.32. The fourth-order valence-electron chi connectivity index (χ4n) is 2.49. The topological polar surface area (TPSA) is 79.3 Å². The first kappa shape index (κ1) is 13.5. The van der Waals surface area contributed by atoms with Gasteiger partial charge < -0.3 is 10.4 Å². The van der Waals surface area contributed by atoms with Crippen LogP contribution < -0.4 is 5.32 Å². The van der Waals surface area contributed by atoms with Gasteiger partial charge in [-0.15, -0.1) is 0 Å². The number of carboxylic acids is 1. The summed E-state index contributed by atoms with van der Waals surface area (Å²) in [5, 5.41) is 11.9. The van der Waals surface area contributed by atoms with Crippen molar-refractivity contribution in [2.24, 2.45) is 11.8 Å². The highest BCUT2D eigenvalue weighted by atomic mass is 16.4. The SMILES string of the molecule is C[C@@H](NC(=O)[C@@H]1CC[C@H](C(=O)O)C1)c1cccnc1. The lowest BCUT2D eigenvalue weighted by molar-refractivity contribution is -0.141. The van der Waals surface area contributed by atoms with Crippen LogP contribution >= 0.6 is 0 Å². The maximum Gasteiger partial charge on any atom is 0.306 e. The molecule has 102 valence electrons. The average molecular weight is 262 g/mol. The van der Waals surface area contributed by atoms with E-state index in [-0.39, 0.29) is 23.8 Å². The molecule has 1 fully saturated rings. The number of hydrogen-bond acceptors (Lipinski definition) is 3. The van der Waals surface area contributed by atoms with Crippen LogP contribution in [0.1, 0.15) is 37.8 Å². The molecule has 0 bridgehead atoms. The third-order valence-electron chi connectivity index (χ3n) is 3.70. The standard InChI is InChI=1S/C14H18N2O3/c1-9(12-3-2-6-15-8-12)16-13(17)10-4-5-11(7-10)14(18)19/h2-3,6,8-11H,4-5,7H2,1H3,(H,16,17)(H,18,19)/t9-,10-,11+/m1/s1. The highest BCUT2D eigenvalue weighted by Gasteiger charge is 2.34. The average Bonchev–Trinajstić information content (AvgIpc) is 2.89. The molecule has 1 amide bonds. The van der Waals surface area contributed by atoms with Crippen molar-refractivity contribution in [2.75, 3.05) is 0 Å². The first-order valence-electron chi connectivity index (χ1n) is 6.51. The number of carbonyl (C=O) groups is 2. The van der Waals surface area contributed by atoms with Gasteiger partial charge in [-0.2, -0.15) is 0 Å². The molecule has 0 saturated heterocycles. The van der Waals surface area contributed by atoms with E-state index in [4.69, 9.17) is 5.11 Å². The molecule has 0 aromatic carbocycles. The number of aliphatic carboxylic acids is 1. The number of rotatable bonds is 4. The second-order valence-electron chi connectivity index (χ2n) is 5.06. The summed E-state index contributed by atoms with van der Waals surface area (Å²) in [6, 6.07) is 3.63. The van der Waals surface area contributed by atoms with E-state index in [1.807, 2.05) is 19.1 Å². The summed E-state index contributed by atoms with van der Waals surface area (Å²) in [6.07, 6.45) is 5.10. The predicted octanol–water partition coefficient (Wildman–Crippen LogP) is 1.76. The third kappa shape index (κ3) is 3.30. The normalized spacial score (nSPS) is 23.8. The van der Waals surface area contributed by atoms with Gasteiger partial charge in [0, 0.05) is 18.3 Å². The Labute approximate surface area is 112 Å². The summed E-state index contributed by atoms with van der Waals surface area (Å²) in [5.41, 5.74) is 0.948. The van der Waals surface area contributed by atoms with Gasteiger partial charge in [0.05, 0.1) is 12.0 Å². The van der Waals surface area contributed by atoms with E-state index in [9.17, 15) is 9.59 Å². The summed E-state index contributed by atoms with van der Waals surface area (Å²) in [7, 11) is 0. The minimum Gasteiger partial charge on any atom is -0.481 e. The Kier molecular flexibility index (Phi) is 4.14. The Morgan fingerprint density at radius 2 is 2.16 bits per heavy atom. The van der Waals surface area contributed by atoms with Crippen molar-refractivity contribution < 1.29 is 14.7 Å². The van der Waals surface area contributed by atoms with E-state index in [0.717, 1.165) is 5.56 Å². The number of carboxylic acid groups (broad SMARTS) is 1. The van der Waals surface area contributed by atoms with Gasteiger partial charge in [-0.05, 0) is 37.8 Å². The monoisotopic (exact) mass is 262 g/mol. The molecule has 1 aromatic rings. The molecule has 2 N–H and O–H groups in total. The van der Waals surface area contributed by atoms with Gasteiger partial charge in [-0.1, -0.05) is 6.07 Å². The molecule has 1 aromatic heterocycles. The molecule has 3 atom stereocenters. The maximum absolute atomic E-state index is 12.1. The quantitative estimate of drug-likeness (QED) is 0.866. The summed E-state index contributed by atoms with van der Waals surface area (Å²) in [5.74, 6) is -1.40. The van der Waals surface area contributed by atoms with Gasteiger partial charge in [0.1, 0.15) is 0 Å². The molecule has 1 saturated carbocycles. The van der Waals surface area contributed by atoms with E-state index < -0.39 is 5.97 Å². The van der Waals surface area contributed by atoms with E-state index in [0.29, 0.717) is 19.3 Å². The number of nitrogens with zero attached hydrogens (tertiary/aromatic N) is 1. The summed E-state index contributed by atoms with van der Waals surface area (Å²) >= 11 is 0. The van der Waals surface area contributed by atoms with E-state index >= 15 is 0 Å². The molecular weight excluding hydrogens is 244 g/mol. The molecule has 0 aliphatic heterocycles. The fourth-order valence-corrected chi connectivity index (χ4v) is 2.49. The fraction of sp³-hybridized carbons (Fsp3) is 0.500. The lowest BCUT2D eigenvalue weighted by atomic mass is 10.0. The third-order valence-corrected chi connectivity index (χ3v) is 3.70. The van der Waals surface area contributed by atoms with Crippen molar-refractivity contribution in [3.05, 3.63) is 30.1 Å². The lowest BCUT2D eigenvalue weighted by Gasteiger charge is -2.17. The van der Waals surface area contributed by atoms with Gasteiger partial charge in [0.25, 0.3) is 0 Å². The molecular formula is C14H18N2O3. The van der Waals surface area contributed by atoms with Crippen LogP contribution in [0.5, 0.6) is 0 Å². The van der Waals surface area contributed by atoms with Gasteiger partial charge in [-0.3, -0.25) is 14.6 Å². The highest BCUT2D eigenvalue weighted by molar-refractivity contribution is 5.81. The molecule has 1 aliphatic carbocycles. The van der Waals surface area contributed by atoms with Crippen LogP contribution in [-0.4, -0.2) is 22.0 Å². The van der Waals surface area contributed by atoms with Gasteiger partial charge in [-0.25, -0.2) is 0 Å². The van der Waals surface area contributed by atoms with Crippen molar-refractivity contribution in [1.29, 1.82) is 0 Å². The van der Waals surface area contributed by atoms with E-state index in [2.05, 4.69) is 10.3 Å². The Morgan fingerprint density at radius 3 is 2.74 bits per heavy atom. The van der Waals surface area contributed by atoms with Crippen molar-refractivity contribution in [2.45, 2.75) is 32.2 Å². The first-order valence-corrected chi connectivity index (χ1v) is 6.51. The van der Waals surface area contributed by atoms with Gasteiger partial charge in [0.2, 0.25) is 5.91 Å². The minimum absolute atomic E-state index is 0.0555. The number of pyridine rings is 1. The number of aromatic nitrogens is 1. The van der Waals surface area contributed by atoms with Crippen LogP contribution in [0.4, 0.5) is 0 Å². The molecule has 5 nitrogen and oxygen atoms in total. The molecule has 5 heteroatoms. The Bertz CT molecular complexity index is 461. The molecule has 2 rings (SSSR count). The molecule has 0 spiro atoms. The van der Waals surface area contributed by atoms with Crippen LogP contribution in [0.15, 0.2) is 24.5 Å². The molecule has 0 unspecified atom stereocenters. The van der Waals surface area contributed by atoms with Crippen LogP contribution in [0.2, 0.25) is 0 Å². The zero-order valence-corrected chi connectivity index (χ0v) is 10.9. The number of nitrogens with one attached hydrogen (secondary N) is 1. The summed E-state index contributed by atoms with van der Waals surface area (Å²) in [6.45, 7) is 1.90. The van der Waals surface area contributed by atoms with Crippen molar-refractivity contribution in [3.8, 4) is 0 Å². The first-order chi connectivity index (χ1) is 9.08. The zero-order chi connectivity index (χ0) is 13.8. The largest absolute Gasteiger partial charge is 0.481 e. The summed E-state index contributed by atoms with van der Waals surface area (Å²) < 4.78 is 0. The Morgan fingerprint density at radius 1 is 1.42 bits per heavy atom.